The number of carbonyl (C=O) groups is 1. The van der Waals surface area contributed by atoms with Crippen molar-refractivity contribution in [2.24, 2.45) is 0 Å². The van der Waals surface area contributed by atoms with E-state index in [1.165, 1.54) is 0 Å². The summed E-state index contributed by atoms with van der Waals surface area (Å²) < 4.78 is 5.28. The number of hydrogen-bond acceptors (Lipinski definition) is 3. The highest BCUT2D eigenvalue weighted by Crippen LogP contribution is 2.37. The number of aromatic nitrogens is 2. The quantitative estimate of drug-likeness (QED) is 0.719. The van der Waals surface area contributed by atoms with Crippen molar-refractivity contribution in [1.82, 2.24) is 9.97 Å². The minimum absolute atomic E-state index is 0.0232. The highest BCUT2D eigenvalue weighted by molar-refractivity contribution is 6.05. The van der Waals surface area contributed by atoms with Crippen LogP contribution in [0.5, 0.6) is 5.75 Å². The summed E-state index contributed by atoms with van der Waals surface area (Å²) in [5, 5.41) is 3.93. The minimum atomic E-state index is -0.0232. The fourth-order valence-corrected chi connectivity index (χ4v) is 2.82. The molecule has 0 saturated carbocycles. The molecule has 3 heterocycles. The van der Waals surface area contributed by atoms with Crippen LogP contribution in [0.25, 0.3) is 22.2 Å². The van der Waals surface area contributed by atoms with E-state index in [2.05, 4.69) is 15.3 Å². The number of nitrogens with one attached hydrogen (secondary N) is 2. The number of amides is 1. The molecule has 0 radical (unpaired) electrons. The molecule has 1 aromatic carbocycles. The van der Waals surface area contributed by atoms with Gasteiger partial charge in [0.2, 0.25) is 5.91 Å². The van der Waals surface area contributed by atoms with Crippen molar-refractivity contribution in [3.8, 4) is 17.0 Å². The number of H-pyrrole nitrogens is 1. The molecule has 0 unspecified atom stereocenters. The van der Waals surface area contributed by atoms with E-state index >= 15 is 0 Å². The molecule has 5 nitrogen and oxygen atoms in total. The maximum Gasteiger partial charge on any atom is 0.228 e. The second-order valence-electron chi connectivity index (χ2n) is 5.04. The van der Waals surface area contributed by atoms with Gasteiger partial charge in [0.25, 0.3) is 0 Å². The molecule has 2 N–H and O–H groups in total. The van der Waals surface area contributed by atoms with E-state index in [9.17, 15) is 4.79 Å². The fourth-order valence-electron chi connectivity index (χ4n) is 2.82. The number of carbonyl (C=O) groups excluding carboxylic acids is 1. The Balaban J connectivity index is 2.06. The Bertz CT molecular complexity index is 867. The van der Waals surface area contributed by atoms with Gasteiger partial charge in [0.05, 0.1) is 24.9 Å². The molecule has 1 aliphatic rings. The molecule has 0 saturated heterocycles. The predicted octanol–water partition coefficient (Wildman–Crippen LogP) is 2.73. The average molecular weight is 279 g/mol. The van der Waals surface area contributed by atoms with Crippen LogP contribution in [-0.4, -0.2) is 23.0 Å². The summed E-state index contributed by atoms with van der Waals surface area (Å²) >= 11 is 0. The topological polar surface area (TPSA) is 67.0 Å². The number of fused-ring (bicyclic) bond motifs is 5. The summed E-state index contributed by atoms with van der Waals surface area (Å²) in [6.45, 7) is 0. The number of rotatable bonds is 1. The van der Waals surface area contributed by atoms with Gasteiger partial charge in [-0.1, -0.05) is 0 Å². The van der Waals surface area contributed by atoms with Crippen LogP contribution in [0, 0.1) is 0 Å². The summed E-state index contributed by atoms with van der Waals surface area (Å²) in [6, 6.07) is 7.65. The van der Waals surface area contributed by atoms with E-state index in [0.717, 1.165) is 39.2 Å². The first kappa shape index (κ1) is 12.0. The molecule has 0 aliphatic carbocycles. The van der Waals surface area contributed by atoms with E-state index < -0.39 is 0 Å². The number of methoxy groups -OCH3 is 1. The van der Waals surface area contributed by atoms with Gasteiger partial charge < -0.3 is 15.0 Å². The molecule has 2 aromatic heterocycles. The molecular weight excluding hydrogens is 266 g/mol. The normalized spacial score (nSPS) is 13.3. The summed E-state index contributed by atoms with van der Waals surface area (Å²) in [7, 11) is 1.64. The second-order valence-corrected chi connectivity index (χ2v) is 5.04. The van der Waals surface area contributed by atoms with Crippen LogP contribution in [0.15, 0.2) is 36.7 Å². The molecule has 0 fully saturated rings. The lowest BCUT2D eigenvalue weighted by atomic mass is 10.0. The van der Waals surface area contributed by atoms with Gasteiger partial charge in [-0.05, 0) is 29.8 Å². The van der Waals surface area contributed by atoms with Gasteiger partial charge in [0, 0.05) is 28.9 Å². The zero-order valence-electron chi connectivity index (χ0n) is 11.4. The number of benzene rings is 1. The Morgan fingerprint density at radius 2 is 2.19 bits per heavy atom. The highest BCUT2D eigenvalue weighted by Gasteiger charge is 2.22. The Hall–Kier alpha value is -2.82. The molecule has 104 valence electrons. The van der Waals surface area contributed by atoms with Crippen LogP contribution in [0.3, 0.4) is 0 Å². The number of aromatic amines is 1. The van der Waals surface area contributed by atoms with Crippen LogP contribution in [-0.2, 0) is 11.2 Å². The maximum absolute atomic E-state index is 12.1. The monoisotopic (exact) mass is 279 g/mol. The molecule has 4 rings (SSSR count). The van der Waals surface area contributed by atoms with E-state index in [1.807, 2.05) is 24.3 Å². The van der Waals surface area contributed by atoms with Crippen LogP contribution in [0.4, 0.5) is 5.69 Å². The third kappa shape index (κ3) is 1.78. The second kappa shape index (κ2) is 4.34. The van der Waals surface area contributed by atoms with E-state index in [4.69, 9.17) is 4.74 Å². The summed E-state index contributed by atoms with van der Waals surface area (Å²) in [4.78, 5) is 19.7. The van der Waals surface area contributed by atoms with Crippen LogP contribution >= 0.6 is 0 Å². The lowest BCUT2D eigenvalue weighted by Crippen LogP contribution is -2.12. The first-order valence-corrected chi connectivity index (χ1v) is 6.69. The van der Waals surface area contributed by atoms with E-state index in [1.54, 1.807) is 19.5 Å². The summed E-state index contributed by atoms with van der Waals surface area (Å²) in [5.74, 6) is 0.755. The van der Waals surface area contributed by atoms with Gasteiger partial charge in [0.15, 0.2) is 0 Å². The Kier molecular flexibility index (Phi) is 2.47. The van der Waals surface area contributed by atoms with Crippen LogP contribution < -0.4 is 10.1 Å². The van der Waals surface area contributed by atoms with Crippen LogP contribution in [0.1, 0.15) is 5.56 Å². The first-order chi connectivity index (χ1) is 10.3. The largest absolute Gasteiger partial charge is 0.497 e. The first-order valence-electron chi connectivity index (χ1n) is 6.69. The Morgan fingerprint density at radius 3 is 3.05 bits per heavy atom. The molecule has 3 aromatic rings. The fraction of sp³-hybridized carbons (Fsp3) is 0.125. The van der Waals surface area contributed by atoms with Gasteiger partial charge in [0.1, 0.15) is 5.75 Å². The summed E-state index contributed by atoms with van der Waals surface area (Å²) in [5.41, 5.74) is 4.61. The molecular formula is C16H13N3O2. The number of anilines is 1. The smallest absolute Gasteiger partial charge is 0.228 e. The molecule has 21 heavy (non-hydrogen) atoms. The number of pyridine rings is 1. The van der Waals surface area contributed by atoms with Crippen molar-refractivity contribution in [2.75, 3.05) is 12.4 Å². The van der Waals surface area contributed by atoms with Gasteiger partial charge >= 0.3 is 0 Å². The third-order valence-corrected chi connectivity index (χ3v) is 3.82. The van der Waals surface area contributed by atoms with E-state index in [-0.39, 0.29) is 5.91 Å². The summed E-state index contributed by atoms with van der Waals surface area (Å²) in [6.07, 6.45) is 3.78. The Labute approximate surface area is 121 Å². The van der Waals surface area contributed by atoms with Crippen molar-refractivity contribution >= 4 is 22.5 Å². The molecule has 1 aliphatic heterocycles. The number of nitrogens with zero attached hydrogens (tertiary/aromatic N) is 1. The number of hydrogen-bond donors (Lipinski definition) is 2. The molecule has 0 bridgehead atoms. The molecule has 1 amide bonds. The highest BCUT2D eigenvalue weighted by atomic mass is 16.5. The van der Waals surface area contributed by atoms with Crippen molar-refractivity contribution in [1.29, 1.82) is 0 Å². The molecule has 0 spiro atoms. The average Bonchev–Trinajstić information content (AvgIpc) is 2.78. The lowest BCUT2D eigenvalue weighted by Gasteiger charge is -2.05. The zero-order chi connectivity index (χ0) is 14.4. The van der Waals surface area contributed by atoms with E-state index in [0.29, 0.717) is 6.42 Å². The van der Waals surface area contributed by atoms with Crippen molar-refractivity contribution in [3.63, 3.8) is 0 Å². The van der Waals surface area contributed by atoms with Gasteiger partial charge in [-0.15, -0.1) is 0 Å². The van der Waals surface area contributed by atoms with Crippen molar-refractivity contribution < 1.29 is 9.53 Å². The maximum atomic E-state index is 12.1. The predicted molar refractivity (Wildman–Crippen MR) is 80.4 cm³/mol. The lowest BCUT2D eigenvalue weighted by molar-refractivity contribution is -0.115. The standard InChI is InChI=1S/C16H13N3O2/c1-21-9-2-3-13-10(6-9)11-7-15(20)18-14-4-5-17-8-12(14)16(11)19-13/h2-6,8,19H,7H2,1H3,(H,18,20). The van der Waals surface area contributed by atoms with Crippen molar-refractivity contribution in [3.05, 3.63) is 42.2 Å². The third-order valence-electron chi connectivity index (χ3n) is 3.82. The van der Waals surface area contributed by atoms with Crippen molar-refractivity contribution in [2.45, 2.75) is 6.42 Å². The van der Waals surface area contributed by atoms with Gasteiger partial charge in [-0.2, -0.15) is 0 Å². The molecule has 5 heteroatoms. The zero-order valence-corrected chi connectivity index (χ0v) is 11.4. The van der Waals surface area contributed by atoms with Crippen LogP contribution in [0.2, 0.25) is 0 Å². The number of ether oxygens (including phenoxy) is 1. The van der Waals surface area contributed by atoms with Gasteiger partial charge in [-0.3, -0.25) is 9.78 Å². The molecule has 0 atom stereocenters. The SMILES string of the molecule is COc1ccc2[nH]c3c(c2c1)CC(=O)Nc1ccncc1-3. The Morgan fingerprint density at radius 1 is 1.29 bits per heavy atom. The van der Waals surface area contributed by atoms with Gasteiger partial charge in [-0.25, -0.2) is 0 Å². The minimum Gasteiger partial charge on any atom is -0.497 e.